The molecule has 0 aliphatic carbocycles. The predicted molar refractivity (Wildman–Crippen MR) is 65.4 cm³/mol. The van der Waals surface area contributed by atoms with E-state index < -0.39 is 10.8 Å². The standard InChI is InChI=1S/C12H11N3O3/c1-14(2)12(16)10(8-13)7-9-3-5-11(6-4-9)15(17)18/h3-7H,1-2H3/b10-7-. The molecule has 0 aromatic heterocycles. The Kier molecular flexibility index (Phi) is 4.16. The SMILES string of the molecule is CN(C)C(=O)/C(C#N)=C\c1ccc([N+](=O)[O-])cc1. The topological polar surface area (TPSA) is 87.2 Å². The van der Waals surface area contributed by atoms with Crippen molar-refractivity contribution < 1.29 is 9.72 Å². The Balaban J connectivity index is 3.04. The summed E-state index contributed by atoms with van der Waals surface area (Å²) >= 11 is 0. The minimum atomic E-state index is -0.510. The second kappa shape index (κ2) is 5.59. The molecule has 0 saturated heterocycles. The average Bonchev–Trinajstić information content (AvgIpc) is 2.35. The van der Waals surface area contributed by atoms with Gasteiger partial charge in [-0.15, -0.1) is 0 Å². The summed E-state index contributed by atoms with van der Waals surface area (Å²) in [6.45, 7) is 0. The largest absolute Gasteiger partial charge is 0.344 e. The maximum absolute atomic E-state index is 11.6. The number of hydrogen-bond donors (Lipinski definition) is 0. The molecule has 6 nitrogen and oxygen atoms in total. The van der Waals surface area contributed by atoms with Crippen LogP contribution < -0.4 is 0 Å². The van der Waals surface area contributed by atoms with Crippen LogP contribution in [0.4, 0.5) is 5.69 Å². The van der Waals surface area contributed by atoms with Crippen LogP contribution in [0.15, 0.2) is 29.8 Å². The smallest absolute Gasteiger partial charge is 0.269 e. The van der Waals surface area contributed by atoms with Crippen LogP contribution in [-0.2, 0) is 4.79 Å². The van der Waals surface area contributed by atoms with Crippen molar-refractivity contribution in [2.24, 2.45) is 0 Å². The second-order valence-corrected chi connectivity index (χ2v) is 3.72. The van der Waals surface area contributed by atoms with E-state index >= 15 is 0 Å². The van der Waals surface area contributed by atoms with E-state index in [-0.39, 0.29) is 11.3 Å². The molecule has 92 valence electrons. The zero-order valence-electron chi connectivity index (χ0n) is 9.95. The van der Waals surface area contributed by atoms with Gasteiger partial charge in [0.2, 0.25) is 0 Å². The lowest BCUT2D eigenvalue weighted by molar-refractivity contribution is -0.384. The van der Waals surface area contributed by atoms with Gasteiger partial charge in [-0.25, -0.2) is 0 Å². The molecule has 0 spiro atoms. The summed E-state index contributed by atoms with van der Waals surface area (Å²) in [4.78, 5) is 22.8. The van der Waals surface area contributed by atoms with Gasteiger partial charge in [0.05, 0.1) is 4.92 Å². The molecule has 1 rings (SSSR count). The normalized spacial score (nSPS) is 10.6. The highest BCUT2D eigenvalue weighted by Gasteiger charge is 2.11. The number of carbonyl (C=O) groups excluding carboxylic acids is 1. The van der Waals surface area contributed by atoms with Gasteiger partial charge in [0.15, 0.2) is 0 Å². The van der Waals surface area contributed by atoms with Crippen molar-refractivity contribution in [3.05, 3.63) is 45.5 Å². The minimum absolute atomic E-state index is 0.0196. The van der Waals surface area contributed by atoms with Gasteiger partial charge in [0.25, 0.3) is 11.6 Å². The van der Waals surface area contributed by atoms with Crippen molar-refractivity contribution in [1.82, 2.24) is 4.90 Å². The van der Waals surface area contributed by atoms with E-state index in [0.29, 0.717) is 5.56 Å². The molecule has 0 N–H and O–H groups in total. The zero-order valence-corrected chi connectivity index (χ0v) is 9.95. The van der Waals surface area contributed by atoms with Gasteiger partial charge in [-0.1, -0.05) is 0 Å². The molecule has 1 aromatic carbocycles. The molecule has 0 atom stereocenters. The minimum Gasteiger partial charge on any atom is -0.344 e. The van der Waals surface area contributed by atoms with Crippen LogP contribution in [-0.4, -0.2) is 29.8 Å². The number of nitrogens with zero attached hydrogens (tertiary/aromatic N) is 3. The summed E-state index contributed by atoms with van der Waals surface area (Å²) in [5, 5.41) is 19.3. The highest BCUT2D eigenvalue weighted by atomic mass is 16.6. The maximum atomic E-state index is 11.6. The number of non-ortho nitro benzene ring substituents is 1. The Labute approximate surface area is 104 Å². The van der Waals surface area contributed by atoms with Crippen LogP contribution in [0.2, 0.25) is 0 Å². The Morgan fingerprint density at radius 2 is 1.94 bits per heavy atom. The number of nitro benzene ring substituents is 1. The molecule has 0 aliphatic heterocycles. The van der Waals surface area contributed by atoms with E-state index in [2.05, 4.69) is 0 Å². The van der Waals surface area contributed by atoms with Crippen molar-refractivity contribution >= 4 is 17.7 Å². The number of nitro groups is 1. The molecular formula is C12H11N3O3. The maximum Gasteiger partial charge on any atom is 0.269 e. The van der Waals surface area contributed by atoms with E-state index in [0.717, 1.165) is 0 Å². The van der Waals surface area contributed by atoms with Crippen molar-refractivity contribution in [2.75, 3.05) is 14.1 Å². The highest BCUT2D eigenvalue weighted by Crippen LogP contribution is 2.14. The van der Waals surface area contributed by atoms with E-state index in [4.69, 9.17) is 5.26 Å². The highest BCUT2D eigenvalue weighted by molar-refractivity contribution is 6.01. The molecule has 0 saturated carbocycles. The summed E-state index contributed by atoms with van der Waals surface area (Å²) in [5.74, 6) is -0.407. The van der Waals surface area contributed by atoms with Crippen LogP contribution in [0.25, 0.3) is 6.08 Å². The van der Waals surface area contributed by atoms with E-state index in [1.165, 1.54) is 35.2 Å². The number of hydrogen-bond acceptors (Lipinski definition) is 4. The quantitative estimate of drug-likeness (QED) is 0.350. The Morgan fingerprint density at radius 1 is 1.39 bits per heavy atom. The average molecular weight is 245 g/mol. The Bertz CT molecular complexity index is 539. The second-order valence-electron chi connectivity index (χ2n) is 3.72. The van der Waals surface area contributed by atoms with Crippen molar-refractivity contribution in [2.45, 2.75) is 0 Å². The fourth-order valence-corrected chi connectivity index (χ4v) is 1.24. The first-order chi connectivity index (χ1) is 8.45. The van der Waals surface area contributed by atoms with Crippen LogP contribution in [0.3, 0.4) is 0 Å². The van der Waals surface area contributed by atoms with Gasteiger partial charge in [0.1, 0.15) is 11.6 Å². The fourth-order valence-electron chi connectivity index (χ4n) is 1.24. The number of benzene rings is 1. The van der Waals surface area contributed by atoms with Gasteiger partial charge in [0, 0.05) is 26.2 Å². The Morgan fingerprint density at radius 3 is 2.33 bits per heavy atom. The Hall–Kier alpha value is -2.68. The molecular weight excluding hydrogens is 234 g/mol. The third kappa shape index (κ3) is 3.15. The van der Waals surface area contributed by atoms with E-state index in [9.17, 15) is 14.9 Å². The van der Waals surface area contributed by atoms with Gasteiger partial charge >= 0.3 is 0 Å². The lowest BCUT2D eigenvalue weighted by Crippen LogP contribution is -2.22. The number of nitriles is 1. The molecule has 1 amide bonds. The van der Waals surface area contributed by atoms with Crippen molar-refractivity contribution in [1.29, 1.82) is 5.26 Å². The monoisotopic (exact) mass is 245 g/mol. The zero-order chi connectivity index (χ0) is 13.7. The van der Waals surface area contributed by atoms with Crippen LogP contribution in [0.1, 0.15) is 5.56 Å². The predicted octanol–water partition coefficient (Wildman–Crippen LogP) is 1.59. The van der Waals surface area contributed by atoms with Crippen LogP contribution >= 0.6 is 0 Å². The summed E-state index contributed by atoms with van der Waals surface area (Å²) in [7, 11) is 3.09. The van der Waals surface area contributed by atoms with Crippen LogP contribution in [0, 0.1) is 21.4 Å². The van der Waals surface area contributed by atoms with Gasteiger partial charge in [-0.05, 0) is 23.8 Å². The third-order valence-electron chi connectivity index (χ3n) is 2.17. The number of likely N-dealkylation sites (N-methyl/N-ethyl adjacent to an activating group) is 1. The molecule has 0 aliphatic rings. The lowest BCUT2D eigenvalue weighted by Gasteiger charge is -2.08. The molecule has 18 heavy (non-hydrogen) atoms. The molecule has 0 heterocycles. The number of carbonyl (C=O) groups is 1. The number of amides is 1. The summed E-state index contributed by atoms with van der Waals surface area (Å²) in [6.07, 6.45) is 1.39. The third-order valence-corrected chi connectivity index (χ3v) is 2.17. The van der Waals surface area contributed by atoms with Gasteiger partial charge < -0.3 is 4.90 Å². The summed E-state index contributed by atoms with van der Waals surface area (Å²) in [5.41, 5.74) is 0.505. The summed E-state index contributed by atoms with van der Waals surface area (Å²) < 4.78 is 0. The fraction of sp³-hybridized carbons (Fsp3) is 0.167. The first-order valence-corrected chi connectivity index (χ1v) is 5.03. The van der Waals surface area contributed by atoms with Gasteiger partial charge in [-0.2, -0.15) is 5.26 Å². The van der Waals surface area contributed by atoms with E-state index in [1.54, 1.807) is 20.2 Å². The number of rotatable bonds is 3. The van der Waals surface area contributed by atoms with Crippen molar-refractivity contribution in [3.8, 4) is 6.07 Å². The first kappa shape index (κ1) is 13.4. The molecule has 1 aromatic rings. The van der Waals surface area contributed by atoms with Gasteiger partial charge in [-0.3, -0.25) is 14.9 Å². The molecule has 0 radical (unpaired) electrons. The van der Waals surface area contributed by atoms with E-state index in [1.807, 2.05) is 0 Å². The molecule has 0 bridgehead atoms. The van der Waals surface area contributed by atoms with Crippen molar-refractivity contribution in [3.63, 3.8) is 0 Å². The molecule has 0 fully saturated rings. The molecule has 0 unspecified atom stereocenters. The lowest BCUT2D eigenvalue weighted by atomic mass is 10.1. The summed E-state index contributed by atoms with van der Waals surface area (Å²) in [6, 6.07) is 7.41. The molecule has 6 heteroatoms. The first-order valence-electron chi connectivity index (χ1n) is 5.03. The van der Waals surface area contributed by atoms with Crippen LogP contribution in [0.5, 0.6) is 0 Å².